The van der Waals surface area contributed by atoms with Crippen molar-refractivity contribution in [2.24, 2.45) is 5.73 Å². The Morgan fingerprint density at radius 2 is 1.86 bits per heavy atom. The first-order valence-electron chi connectivity index (χ1n) is 6.55. The molecule has 1 aromatic carbocycles. The van der Waals surface area contributed by atoms with Crippen LogP contribution in [0.4, 0.5) is 4.79 Å². The Morgan fingerprint density at radius 3 is 2.43 bits per heavy atom. The maximum absolute atomic E-state index is 11.6. The van der Waals surface area contributed by atoms with E-state index in [0.717, 1.165) is 0 Å². The molecule has 1 atom stereocenters. The molecule has 0 bridgehead atoms. The molecular weight excluding hydrogens is 276 g/mol. The number of carbonyl (C=O) groups is 3. The molecule has 21 heavy (non-hydrogen) atoms. The third-order valence-electron chi connectivity index (χ3n) is 2.73. The van der Waals surface area contributed by atoms with Crippen LogP contribution in [0.2, 0.25) is 0 Å². The standard InChI is InChI=1S/C14H18N2O5/c15-9-5-4-8-11(12(17)18)16-14(20)21-13(19)10-6-2-1-3-7-10/h1-3,6-7,11H,4-5,8-9,15H2,(H,16,20)(H,17,18)/t11-/m0/s1. The van der Waals surface area contributed by atoms with Crippen LogP contribution in [0.15, 0.2) is 30.3 Å². The summed E-state index contributed by atoms with van der Waals surface area (Å²) in [5.74, 6) is -2.02. The van der Waals surface area contributed by atoms with Crippen LogP contribution in [0.1, 0.15) is 29.6 Å². The molecule has 4 N–H and O–H groups in total. The maximum Gasteiger partial charge on any atom is 0.415 e. The second-order valence-corrected chi connectivity index (χ2v) is 4.36. The van der Waals surface area contributed by atoms with E-state index in [0.29, 0.717) is 19.4 Å². The summed E-state index contributed by atoms with van der Waals surface area (Å²) < 4.78 is 4.55. The summed E-state index contributed by atoms with van der Waals surface area (Å²) in [6.07, 6.45) is 0.356. The number of alkyl carbamates (subject to hydrolysis) is 1. The van der Waals surface area contributed by atoms with E-state index in [9.17, 15) is 14.4 Å². The molecule has 0 saturated heterocycles. The number of benzene rings is 1. The molecule has 114 valence electrons. The molecule has 0 aliphatic heterocycles. The molecule has 0 spiro atoms. The third kappa shape index (κ3) is 6.05. The number of carboxylic acid groups (broad SMARTS) is 1. The second-order valence-electron chi connectivity index (χ2n) is 4.36. The van der Waals surface area contributed by atoms with Gasteiger partial charge in [0.2, 0.25) is 0 Å². The summed E-state index contributed by atoms with van der Waals surface area (Å²) in [7, 11) is 0. The zero-order valence-electron chi connectivity index (χ0n) is 11.5. The molecule has 0 saturated carbocycles. The van der Waals surface area contributed by atoms with E-state index in [1.807, 2.05) is 0 Å². The van der Waals surface area contributed by atoms with Gasteiger partial charge in [-0.25, -0.2) is 14.4 Å². The first kappa shape index (κ1) is 16.6. The van der Waals surface area contributed by atoms with Crippen LogP contribution >= 0.6 is 0 Å². The fourth-order valence-corrected chi connectivity index (χ4v) is 1.64. The zero-order valence-corrected chi connectivity index (χ0v) is 11.5. The van der Waals surface area contributed by atoms with Crippen molar-refractivity contribution >= 4 is 18.0 Å². The molecular formula is C14H18N2O5. The van der Waals surface area contributed by atoms with E-state index in [-0.39, 0.29) is 12.0 Å². The molecule has 0 heterocycles. The Morgan fingerprint density at radius 1 is 1.19 bits per heavy atom. The number of nitrogens with two attached hydrogens (primary N) is 1. The van der Waals surface area contributed by atoms with Gasteiger partial charge in [-0.05, 0) is 37.9 Å². The molecule has 0 aliphatic rings. The van der Waals surface area contributed by atoms with Crippen LogP contribution in [0.5, 0.6) is 0 Å². The topological polar surface area (TPSA) is 119 Å². The molecule has 7 nitrogen and oxygen atoms in total. The summed E-state index contributed by atoms with van der Waals surface area (Å²) in [4.78, 5) is 34.2. The number of hydrogen-bond donors (Lipinski definition) is 3. The lowest BCUT2D eigenvalue weighted by atomic mass is 10.1. The van der Waals surface area contributed by atoms with Crippen molar-refractivity contribution in [1.29, 1.82) is 0 Å². The van der Waals surface area contributed by atoms with Crippen LogP contribution in [-0.2, 0) is 9.53 Å². The fraction of sp³-hybridized carbons (Fsp3) is 0.357. The monoisotopic (exact) mass is 294 g/mol. The molecule has 0 unspecified atom stereocenters. The Balaban J connectivity index is 2.50. The molecule has 0 fully saturated rings. The molecule has 0 aromatic heterocycles. The van der Waals surface area contributed by atoms with Crippen LogP contribution in [0.25, 0.3) is 0 Å². The Labute approximate surface area is 122 Å². The third-order valence-corrected chi connectivity index (χ3v) is 2.73. The highest BCUT2D eigenvalue weighted by Gasteiger charge is 2.22. The molecule has 7 heteroatoms. The number of nitrogens with one attached hydrogen (secondary N) is 1. The molecule has 1 amide bonds. The van der Waals surface area contributed by atoms with Crippen molar-refractivity contribution in [3.8, 4) is 0 Å². The van der Waals surface area contributed by atoms with Crippen LogP contribution < -0.4 is 11.1 Å². The fourth-order valence-electron chi connectivity index (χ4n) is 1.64. The number of amides is 1. The summed E-state index contributed by atoms with van der Waals surface area (Å²) in [6, 6.07) is 6.85. The Kier molecular flexibility index (Phi) is 6.90. The lowest BCUT2D eigenvalue weighted by Crippen LogP contribution is -2.41. The van der Waals surface area contributed by atoms with E-state index < -0.39 is 24.1 Å². The average molecular weight is 294 g/mol. The predicted octanol–water partition coefficient (Wildman–Crippen LogP) is 1.14. The van der Waals surface area contributed by atoms with Gasteiger partial charge in [0.15, 0.2) is 0 Å². The van der Waals surface area contributed by atoms with Gasteiger partial charge in [-0.15, -0.1) is 0 Å². The number of esters is 1. The average Bonchev–Trinajstić information content (AvgIpc) is 2.47. The largest absolute Gasteiger partial charge is 0.480 e. The van der Waals surface area contributed by atoms with Gasteiger partial charge in [0, 0.05) is 0 Å². The highest BCUT2D eigenvalue weighted by molar-refractivity contribution is 5.97. The van der Waals surface area contributed by atoms with E-state index in [2.05, 4.69) is 10.1 Å². The Hall–Kier alpha value is -2.41. The van der Waals surface area contributed by atoms with E-state index >= 15 is 0 Å². The van der Waals surface area contributed by atoms with E-state index in [1.165, 1.54) is 12.1 Å². The SMILES string of the molecule is NCCCC[C@H](NC(=O)OC(=O)c1ccccc1)C(=O)O. The minimum absolute atomic E-state index is 0.211. The van der Waals surface area contributed by atoms with Gasteiger partial charge in [0.05, 0.1) is 5.56 Å². The summed E-state index contributed by atoms with van der Waals surface area (Å²) in [6.45, 7) is 0.448. The smallest absolute Gasteiger partial charge is 0.415 e. The first-order valence-corrected chi connectivity index (χ1v) is 6.55. The second kappa shape index (κ2) is 8.70. The van der Waals surface area contributed by atoms with Crippen LogP contribution in [0, 0.1) is 0 Å². The first-order chi connectivity index (χ1) is 10.0. The lowest BCUT2D eigenvalue weighted by molar-refractivity contribution is -0.139. The van der Waals surface area contributed by atoms with Gasteiger partial charge in [-0.1, -0.05) is 18.2 Å². The highest BCUT2D eigenvalue weighted by Crippen LogP contribution is 2.04. The van der Waals surface area contributed by atoms with Crippen molar-refractivity contribution in [1.82, 2.24) is 5.32 Å². The molecule has 1 rings (SSSR count). The predicted molar refractivity (Wildman–Crippen MR) is 74.7 cm³/mol. The number of ether oxygens (including phenoxy) is 1. The van der Waals surface area contributed by atoms with Gasteiger partial charge < -0.3 is 20.9 Å². The van der Waals surface area contributed by atoms with Crippen molar-refractivity contribution in [2.45, 2.75) is 25.3 Å². The van der Waals surface area contributed by atoms with Crippen molar-refractivity contribution in [2.75, 3.05) is 6.54 Å². The quantitative estimate of drug-likeness (QED) is 0.394. The van der Waals surface area contributed by atoms with Crippen molar-refractivity contribution in [3.05, 3.63) is 35.9 Å². The molecule has 0 radical (unpaired) electrons. The number of hydrogen-bond acceptors (Lipinski definition) is 5. The summed E-state index contributed by atoms with van der Waals surface area (Å²) in [5.41, 5.74) is 5.53. The molecule has 1 aromatic rings. The van der Waals surface area contributed by atoms with Crippen LogP contribution in [0.3, 0.4) is 0 Å². The maximum atomic E-state index is 11.6. The minimum atomic E-state index is -1.18. The Bertz CT molecular complexity index is 489. The van der Waals surface area contributed by atoms with Gasteiger partial charge in [0.25, 0.3) is 0 Å². The number of aliphatic carboxylic acids is 1. The minimum Gasteiger partial charge on any atom is -0.480 e. The number of rotatable bonds is 7. The van der Waals surface area contributed by atoms with Crippen LogP contribution in [-0.4, -0.2) is 35.7 Å². The summed E-state index contributed by atoms with van der Waals surface area (Å²) in [5, 5.41) is 11.1. The van der Waals surface area contributed by atoms with Gasteiger partial charge >= 0.3 is 18.0 Å². The lowest BCUT2D eigenvalue weighted by Gasteiger charge is -2.13. The van der Waals surface area contributed by atoms with Crippen molar-refractivity contribution < 1.29 is 24.2 Å². The highest BCUT2D eigenvalue weighted by atomic mass is 16.6. The number of carboxylic acids is 1. The van der Waals surface area contributed by atoms with Gasteiger partial charge in [0.1, 0.15) is 6.04 Å². The number of unbranched alkanes of at least 4 members (excludes halogenated alkanes) is 1. The van der Waals surface area contributed by atoms with Gasteiger partial charge in [-0.2, -0.15) is 0 Å². The molecule has 0 aliphatic carbocycles. The zero-order chi connectivity index (χ0) is 15.7. The van der Waals surface area contributed by atoms with Gasteiger partial charge in [-0.3, -0.25) is 0 Å². The normalized spacial score (nSPS) is 11.5. The van der Waals surface area contributed by atoms with Crippen molar-refractivity contribution in [3.63, 3.8) is 0 Å². The summed E-state index contributed by atoms with van der Waals surface area (Å²) >= 11 is 0. The van der Waals surface area contributed by atoms with E-state index in [1.54, 1.807) is 18.2 Å². The number of carbonyl (C=O) groups excluding carboxylic acids is 2. The van der Waals surface area contributed by atoms with E-state index in [4.69, 9.17) is 10.8 Å².